The van der Waals surface area contributed by atoms with Gasteiger partial charge in [0.1, 0.15) is 11.5 Å². The number of hydrogen-bond donors (Lipinski definition) is 1. The van der Waals surface area contributed by atoms with Gasteiger partial charge in [0.05, 0.1) is 11.1 Å². The Kier molecular flexibility index (Phi) is 5.08. The largest absolute Gasteiger partial charge is 0.507 e. The standard InChI is InChI=1S/C27H23ClN2O4/c28-21-5-2-1-4-17(21)11-24-26(33)19-8-9-23(31)20(27(19)34-24)15-29-12-16-10-18(14-29)22-6-3-7-25(32)30(22)13-16/h1-9,11,16,18,31H,10,12-15H2. The number of piperidine rings is 1. The molecule has 1 saturated heterocycles. The molecular formula is C27H23ClN2O4. The van der Waals surface area contributed by atoms with Gasteiger partial charge in [-0.3, -0.25) is 14.5 Å². The second kappa shape index (κ2) is 8.15. The highest BCUT2D eigenvalue weighted by Gasteiger charge is 2.36. The molecule has 3 aliphatic heterocycles. The number of carbonyl (C=O) groups is 1. The Hall–Kier alpha value is -3.35. The Balaban J connectivity index is 1.29. The lowest BCUT2D eigenvalue weighted by Gasteiger charge is -2.42. The Morgan fingerprint density at radius 3 is 2.74 bits per heavy atom. The van der Waals surface area contributed by atoms with Crippen LogP contribution in [-0.4, -0.2) is 33.4 Å². The van der Waals surface area contributed by atoms with Crippen molar-refractivity contribution in [2.45, 2.75) is 25.4 Å². The number of Topliss-reactive ketones (excluding diaryl/α,β-unsaturated/α-hetero) is 1. The molecule has 1 fully saturated rings. The molecule has 6 nitrogen and oxygen atoms in total. The van der Waals surface area contributed by atoms with E-state index in [0.717, 1.165) is 25.2 Å². The number of aromatic nitrogens is 1. The Bertz CT molecular complexity index is 1410. The fourth-order valence-corrected chi connectivity index (χ4v) is 5.72. The zero-order valence-electron chi connectivity index (χ0n) is 18.4. The smallest absolute Gasteiger partial charge is 0.250 e. The molecule has 0 amide bonds. The number of rotatable bonds is 3. The van der Waals surface area contributed by atoms with Crippen LogP contribution in [0.5, 0.6) is 11.5 Å². The normalized spacial score (nSPS) is 22.4. The van der Waals surface area contributed by atoms with Gasteiger partial charge in [-0.05, 0) is 48.2 Å². The Morgan fingerprint density at radius 2 is 1.88 bits per heavy atom. The van der Waals surface area contributed by atoms with Crippen molar-refractivity contribution in [3.8, 4) is 11.5 Å². The molecule has 2 atom stereocenters. The maximum absolute atomic E-state index is 13.0. The van der Waals surface area contributed by atoms with E-state index >= 15 is 0 Å². The van der Waals surface area contributed by atoms with Crippen LogP contribution in [-0.2, 0) is 13.1 Å². The fourth-order valence-electron chi connectivity index (χ4n) is 5.53. The van der Waals surface area contributed by atoms with Crippen LogP contribution in [0, 0.1) is 5.92 Å². The number of phenolic OH excluding ortho intramolecular Hbond substituents is 1. The molecule has 0 aliphatic carbocycles. The van der Waals surface area contributed by atoms with Crippen molar-refractivity contribution in [2.24, 2.45) is 5.92 Å². The van der Waals surface area contributed by atoms with Crippen molar-refractivity contribution in [3.63, 3.8) is 0 Å². The van der Waals surface area contributed by atoms with Crippen LogP contribution in [0.15, 0.2) is 65.2 Å². The number of pyridine rings is 1. The minimum absolute atomic E-state index is 0.0592. The molecule has 3 aliphatic rings. The van der Waals surface area contributed by atoms with Crippen molar-refractivity contribution in [1.29, 1.82) is 0 Å². The quantitative estimate of drug-likeness (QED) is 0.568. The van der Waals surface area contributed by atoms with E-state index in [2.05, 4.69) is 4.90 Å². The SMILES string of the molecule is O=C1C(=Cc2ccccc2Cl)Oc2c1ccc(O)c2CN1CC2CC(C1)c1cccc(=O)n1C2. The molecule has 0 saturated carbocycles. The molecule has 6 rings (SSSR count). The summed E-state index contributed by atoms with van der Waals surface area (Å²) in [6.07, 6.45) is 2.70. The molecule has 1 N–H and O–H groups in total. The topological polar surface area (TPSA) is 71.8 Å². The predicted molar refractivity (Wildman–Crippen MR) is 129 cm³/mol. The van der Waals surface area contributed by atoms with Crippen molar-refractivity contribution in [1.82, 2.24) is 9.47 Å². The van der Waals surface area contributed by atoms with Crippen molar-refractivity contribution >= 4 is 23.5 Å². The minimum atomic E-state index is -0.222. The lowest BCUT2D eigenvalue weighted by Crippen LogP contribution is -2.46. The van der Waals surface area contributed by atoms with E-state index in [4.69, 9.17) is 16.3 Å². The van der Waals surface area contributed by atoms with Gasteiger partial charge in [-0.2, -0.15) is 0 Å². The van der Waals surface area contributed by atoms with E-state index in [9.17, 15) is 14.7 Å². The highest BCUT2D eigenvalue weighted by molar-refractivity contribution is 6.32. The average molecular weight is 475 g/mol. The number of phenols is 1. The average Bonchev–Trinajstić information content (AvgIpc) is 3.13. The molecular weight excluding hydrogens is 452 g/mol. The van der Waals surface area contributed by atoms with Crippen LogP contribution < -0.4 is 10.3 Å². The van der Waals surface area contributed by atoms with Gasteiger partial charge in [0, 0.05) is 48.9 Å². The molecule has 7 heteroatoms. The van der Waals surface area contributed by atoms with Crippen LogP contribution in [0.3, 0.4) is 0 Å². The zero-order chi connectivity index (χ0) is 23.4. The van der Waals surface area contributed by atoms with Gasteiger partial charge in [0.25, 0.3) is 5.56 Å². The summed E-state index contributed by atoms with van der Waals surface area (Å²) in [6.45, 7) is 2.77. The summed E-state index contributed by atoms with van der Waals surface area (Å²) in [7, 11) is 0. The van der Waals surface area contributed by atoms with Gasteiger partial charge in [-0.1, -0.05) is 35.9 Å². The summed E-state index contributed by atoms with van der Waals surface area (Å²) in [5.41, 5.74) is 2.89. The number of carbonyl (C=O) groups excluding carboxylic acids is 1. The van der Waals surface area contributed by atoms with Gasteiger partial charge in [0.15, 0.2) is 5.76 Å². The number of halogens is 1. The second-order valence-electron chi connectivity index (χ2n) is 9.29. The molecule has 2 aromatic carbocycles. The van der Waals surface area contributed by atoms with E-state index in [1.54, 1.807) is 30.3 Å². The summed E-state index contributed by atoms with van der Waals surface area (Å²) in [4.78, 5) is 27.6. The Morgan fingerprint density at radius 1 is 1.03 bits per heavy atom. The zero-order valence-corrected chi connectivity index (χ0v) is 19.2. The highest BCUT2D eigenvalue weighted by Crippen LogP contribution is 2.42. The van der Waals surface area contributed by atoms with Crippen LogP contribution in [0.4, 0.5) is 0 Å². The third-order valence-corrected chi connectivity index (χ3v) is 7.39. The van der Waals surface area contributed by atoms with Crippen LogP contribution in [0.25, 0.3) is 6.08 Å². The first-order valence-electron chi connectivity index (χ1n) is 11.4. The lowest BCUT2D eigenvalue weighted by atomic mass is 9.83. The third kappa shape index (κ3) is 3.54. The third-order valence-electron chi connectivity index (χ3n) is 7.05. The number of allylic oxidation sites excluding steroid dienone is 1. The number of nitrogens with zero attached hydrogens (tertiary/aromatic N) is 2. The number of aromatic hydroxyl groups is 1. The summed E-state index contributed by atoms with van der Waals surface area (Å²) in [5.74, 6) is 1.12. The van der Waals surface area contributed by atoms with Gasteiger partial charge in [-0.15, -0.1) is 0 Å². The van der Waals surface area contributed by atoms with Crippen LogP contribution in [0.1, 0.15) is 39.5 Å². The van der Waals surface area contributed by atoms with E-state index in [1.165, 1.54) is 0 Å². The van der Waals surface area contributed by atoms with E-state index in [1.807, 2.05) is 34.9 Å². The number of hydrogen-bond acceptors (Lipinski definition) is 5. The first-order chi connectivity index (χ1) is 16.5. The maximum Gasteiger partial charge on any atom is 0.250 e. The van der Waals surface area contributed by atoms with Gasteiger partial charge in [0.2, 0.25) is 5.78 Å². The first kappa shape index (κ1) is 21.2. The van der Waals surface area contributed by atoms with Gasteiger partial charge in [-0.25, -0.2) is 0 Å². The molecule has 2 unspecified atom stereocenters. The van der Waals surface area contributed by atoms with Crippen LogP contribution in [0.2, 0.25) is 5.02 Å². The maximum atomic E-state index is 13.0. The number of fused-ring (bicyclic) bond motifs is 5. The van der Waals surface area contributed by atoms with E-state index in [0.29, 0.717) is 46.5 Å². The fraction of sp³-hybridized carbons (Fsp3) is 0.259. The number of likely N-dealkylation sites (tertiary alicyclic amines) is 1. The van der Waals surface area contributed by atoms with Gasteiger partial charge >= 0.3 is 0 Å². The number of ether oxygens (including phenoxy) is 1. The molecule has 2 bridgehead atoms. The van der Waals surface area contributed by atoms with Crippen LogP contribution >= 0.6 is 11.6 Å². The number of ketones is 1. The van der Waals surface area contributed by atoms with Gasteiger partial charge < -0.3 is 14.4 Å². The molecule has 4 heterocycles. The lowest BCUT2D eigenvalue weighted by molar-refractivity contribution is 0.101. The molecule has 172 valence electrons. The number of benzene rings is 2. The summed E-state index contributed by atoms with van der Waals surface area (Å²) < 4.78 is 7.92. The minimum Gasteiger partial charge on any atom is -0.507 e. The molecule has 3 aromatic rings. The van der Waals surface area contributed by atoms with E-state index in [-0.39, 0.29) is 28.8 Å². The highest BCUT2D eigenvalue weighted by atomic mass is 35.5. The summed E-state index contributed by atoms with van der Waals surface area (Å²) in [6, 6.07) is 15.9. The van der Waals surface area contributed by atoms with E-state index < -0.39 is 0 Å². The van der Waals surface area contributed by atoms with Crippen molar-refractivity contribution in [3.05, 3.63) is 98.1 Å². The molecule has 34 heavy (non-hydrogen) atoms. The Labute approximate surface area is 201 Å². The molecule has 0 radical (unpaired) electrons. The molecule has 0 spiro atoms. The van der Waals surface area contributed by atoms with Crippen molar-refractivity contribution in [2.75, 3.05) is 13.1 Å². The monoisotopic (exact) mass is 474 g/mol. The predicted octanol–water partition coefficient (Wildman–Crippen LogP) is 4.44. The summed E-state index contributed by atoms with van der Waals surface area (Å²) >= 11 is 6.26. The molecule has 1 aromatic heterocycles. The second-order valence-corrected chi connectivity index (χ2v) is 9.70. The summed E-state index contributed by atoms with van der Waals surface area (Å²) in [5, 5.41) is 11.2. The first-order valence-corrected chi connectivity index (χ1v) is 11.8. The van der Waals surface area contributed by atoms with Crippen molar-refractivity contribution < 1.29 is 14.6 Å².